The minimum Gasteiger partial charge on any atom is -0.496 e. The van der Waals surface area contributed by atoms with E-state index < -0.39 is 0 Å². The quantitative estimate of drug-likeness (QED) is 0.160. The highest BCUT2D eigenvalue weighted by molar-refractivity contribution is 6.36. The normalized spacial score (nSPS) is 17.9. The molecule has 5 aromatic rings. The van der Waals surface area contributed by atoms with Crippen LogP contribution >= 0.6 is 11.6 Å². The Morgan fingerprint density at radius 3 is 2.40 bits per heavy atom. The molecule has 53 heavy (non-hydrogen) atoms. The highest BCUT2D eigenvalue weighted by Crippen LogP contribution is 2.42. The van der Waals surface area contributed by atoms with Gasteiger partial charge in [0.05, 0.1) is 55.0 Å². The number of hydrogen-bond acceptors (Lipinski definition) is 9. The maximum absolute atomic E-state index is 11.8. The van der Waals surface area contributed by atoms with Crippen LogP contribution in [0.1, 0.15) is 30.4 Å². The van der Waals surface area contributed by atoms with Crippen LogP contribution in [0.2, 0.25) is 5.02 Å². The molecule has 0 bridgehead atoms. The minimum absolute atomic E-state index is 0.0598. The van der Waals surface area contributed by atoms with Crippen molar-refractivity contribution in [1.29, 1.82) is 0 Å². The summed E-state index contributed by atoms with van der Waals surface area (Å²) in [5.74, 6) is 2.14. The van der Waals surface area contributed by atoms with Crippen LogP contribution in [0.5, 0.6) is 17.4 Å². The van der Waals surface area contributed by atoms with Crippen LogP contribution in [0.25, 0.3) is 39.0 Å². The fourth-order valence-corrected chi connectivity index (χ4v) is 8.37. The van der Waals surface area contributed by atoms with E-state index in [9.17, 15) is 9.59 Å². The number of benzene rings is 3. The third-order valence-electron chi connectivity index (χ3n) is 10.6. The summed E-state index contributed by atoms with van der Waals surface area (Å²) in [6.45, 7) is 4.37. The maximum Gasteiger partial charge on any atom is 0.220 e. The Bertz CT molecular complexity index is 2190. The zero-order chi connectivity index (χ0) is 36.7. The summed E-state index contributed by atoms with van der Waals surface area (Å²) < 4.78 is 19.3. The van der Waals surface area contributed by atoms with Gasteiger partial charge < -0.3 is 30.2 Å². The fourth-order valence-electron chi connectivity index (χ4n) is 8.04. The summed E-state index contributed by atoms with van der Waals surface area (Å²) >= 11 is 7.21. The second kappa shape index (κ2) is 14.3. The summed E-state index contributed by atoms with van der Waals surface area (Å²) in [4.78, 5) is 30.6. The maximum atomic E-state index is 11.8. The number of carbonyl (C=O) groups is 2. The third kappa shape index (κ3) is 6.67. The van der Waals surface area contributed by atoms with E-state index in [4.69, 9.17) is 35.9 Å². The molecule has 0 radical (unpaired) electrons. The number of rotatable bonds is 12. The molecule has 3 fully saturated rings. The van der Waals surface area contributed by atoms with Crippen molar-refractivity contribution < 1.29 is 23.8 Å². The number of amides is 2. The highest BCUT2D eigenvalue weighted by atomic mass is 35.5. The van der Waals surface area contributed by atoms with Gasteiger partial charge in [0.1, 0.15) is 11.5 Å². The molecule has 1 spiro atoms. The SMILES string of the molecule is COc1cc(-n2ncc3c(-c4cccc(-c5ccc(CN6CC7(CNC(=O)C7)C6)c(OC)n5)c4Cl)cccc32)cc(OC)c1CNC[C@@H]1CCC(=O)N1. The molecule has 2 amide bonds. The van der Waals surface area contributed by atoms with Crippen LogP contribution < -0.4 is 30.2 Å². The van der Waals surface area contributed by atoms with Gasteiger partial charge in [-0.1, -0.05) is 48.0 Å². The van der Waals surface area contributed by atoms with Gasteiger partial charge in [-0.15, -0.1) is 0 Å². The topological polar surface area (TPSA) is 132 Å². The van der Waals surface area contributed by atoms with E-state index >= 15 is 0 Å². The lowest BCUT2D eigenvalue weighted by atomic mass is 9.79. The molecular weight excluding hydrogens is 694 g/mol. The molecule has 3 N–H and O–H groups in total. The zero-order valence-corrected chi connectivity index (χ0v) is 30.8. The van der Waals surface area contributed by atoms with Crippen LogP contribution in [-0.4, -0.2) is 85.0 Å². The van der Waals surface area contributed by atoms with Crippen LogP contribution in [0.15, 0.2) is 66.9 Å². The average molecular weight is 736 g/mol. The van der Waals surface area contributed by atoms with E-state index in [1.807, 2.05) is 65.5 Å². The summed E-state index contributed by atoms with van der Waals surface area (Å²) in [7, 11) is 4.92. The van der Waals surface area contributed by atoms with Gasteiger partial charge in [-0.05, 0) is 24.1 Å². The van der Waals surface area contributed by atoms with Gasteiger partial charge in [0, 0.05) is 97.8 Å². The molecular formula is C40H42ClN7O5. The number of fused-ring (bicyclic) bond motifs is 1. The number of methoxy groups -OCH3 is 3. The molecule has 5 heterocycles. The number of carbonyl (C=O) groups excluding carboxylic acids is 2. The lowest BCUT2D eigenvalue weighted by Gasteiger charge is -2.47. The Morgan fingerprint density at radius 2 is 1.70 bits per heavy atom. The van der Waals surface area contributed by atoms with Gasteiger partial charge in [-0.3, -0.25) is 14.5 Å². The van der Waals surface area contributed by atoms with E-state index in [1.165, 1.54) is 0 Å². The van der Waals surface area contributed by atoms with Crippen LogP contribution in [0, 0.1) is 5.41 Å². The highest BCUT2D eigenvalue weighted by Gasteiger charge is 2.48. The number of hydrogen-bond donors (Lipinski definition) is 3. The number of nitrogens with zero attached hydrogens (tertiary/aromatic N) is 4. The molecule has 1 atom stereocenters. The van der Waals surface area contributed by atoms with E-state index in [-0.39, 0.29) is 23.3 Å². The molecule has 8 rings (SSSR count). The van der Waals surface area contributed by atoms with E-state index in [0.29, 0.717) is 60.6 Å². The van der Waals surface area contributed by atoms with Crippen LogP contribution in [-0.2, 0) is 22.7 Å². The molecule has 0 saturated carbocycles. The fraction of sp³-hybridized carbons (Fsp3) is 0.350. The van der Waals surface area contributed by atoms with Gasteiger partial charge in [0.15, 0.2) is 0 Å². The van der Waals surface area contributed by atoms with Crippen molar-refractivity contribution in [3.8, 4) is 45.5 Å². The lowest BCUT2D eigenvalue weighted by molar-refractivity contribution is -0.121. The Morgan fingerprint density at radius 1 is 0.943 bits per heavy atom. The molecule has 3 aliphatic heterocycles. The molecule has 3 aliphatic rings. The van der Waals surface area contributed by atoms with Gasteiger partial charge in [-0.2, -0.15) is 5.10 Å². The second-order valence-corrected chi connectivity index (χ2v) is 14.6. The predicted octanol–water partition coefficient (Wildman–Crippen LogP) is 5.12. The lowest BCUT2D eigenvalue weighted by Crippen LogP contribution is -2.56. The van der Waals surface area contributed by atoms with Crippen molar-refractivity contribution in [1.82, 2.24) is 35.6 Å². The first-order chi connectivity index (χ1) is 25.8. The van der Waals surface area contributed by atoms with E-state index in [1.54, 1.807) is 21.3 Å². The summed E-state index contributed by atoms with van der Waals surface area (Å²) in [5.41, 5.74) is 6.93. The van der Waals surface area contributed by atoms with Crippen molar-refractivity contribution in [2.75, 3.05) is 47.5 Å². The predicted molar refractivity (Wildman–Crippen MR) is 203 cm³/mol. The number of pyridine rings is 1. The van der Waals surface area contributed by atoms with Crippen molar-refractivity contribution in [2.24, 2.45) is 5.41 Å². The van der Waals surface area contributed by atoms with Crippen LogP contribution in [0.3, 0.4) is 0 Å². The number of nitrogens with one attached hydrogen (secondary N) is 3. The monoisotopic (exact) mass is 735 g/mol. The van der Waals surface area contributed by atoms with E-state index in [2.05, 4.69) is 26.9 Å². The van der Waals surface area contributed by atoms with Gasteiger partial charge in [0.2, 0.25) is 17.7 Å². The molecule has 13 heteroatoms. The molecule has 3 aromatic carbocycles. The number of halogens is 1. The first-order valence-corrected chi connectivity index (χ1v) is 18.2. The van der Waals surface area contributed by atoms with Crippen LogP contribution in [0.4, 0.5) is 0 Å². The van der Waals surface area contributed by atoms with Crippen molar-refractivity contribution in [3.05, 3.63) is 83.0 Å². The van der Waals surface area contributed by atoms with Crippen molar-refractivity contribution in [3.63, 3.8) is 0 Å². The first kappa shape index (κ1) is 34.9. The first-order valence-electron chi connectivity index (χ1n) is 17.8. The Labute approximate surface area is 312 Å². The third-order valence-corrected chi connectivity index (χ3v) is 11.0. The molecule has 3 saturated heterocycles. The number of likely N-dealkylation sites (tertiary alicyclic amines) is 1. The summed E-state index contributed by atoms with van der Waals surface area (Å²) in [6, 6.07) is 20.1. The molecule has 12 nitrogen and oxygen atoms in total. The van der Waals surface area contributed by atoms with Gasteiger partial charge >= 0.3 is 0 Å². The second-order valence-electron chi connectivity index (χ2n) is 14.2. The zero-order valence-electron chi connectivity index (χ0n) is 30.0. The standard InChI is InChI=1S/C40H42ClN7O5/c1-51-34-14-26(15-35(52-2)31(34)18-42-17-25-11-13-36(49)45-25)48-33-9-5-6-27(30(33)19-44-48)28-7-4-8-29(38(28)41)32-12-10-24(39(46-32)53-3)20-47-22-40(23-47)16-37(50)43-21-40/h4-10,12,14-15,19,25,42H,11,13,16-18,20-23H2,1-3H3,(H,43,50)(H,45,49)/t25-/m0/s1. The smallest absolute Gasteiger partial charge is 0.220 e. The Balaban J connectivity index is 1.05. The van der Waals surface area contributed by atoms with E-state index in [0.717, 1.165) is 70.5 Å². The number of ether oxygens (including phenoxy) is 3. The molecule has 2 aromatic heterocycles. The van der Waals surface area contributed by atoms with Gasteiger partial charge in [0.25, 0.3) is 0 Å². The molecule has 0 aliphatic carbocycles. The number of aromatic nitrogens is 3. The largest absolute Gasteiger partial charge is 0.496 e. The average Bonchev–Trinajstić information content (AvgIpc) is 3.90. The Hall–Kier alpha value is -5.17. The van der Waals surface area contributed by atoms with Crippen molar-refractivity contribution >= 4 is 34.3 Å². The van der Waals surface area contributed by atoms with Crippen molar-refractivity contribution in [2.45, 2.75) is 38.4 Å². The Kier molecular flexibility index (Phi) is 9.44. The molecule has 274 valence electrons. The minimum atomic E-state index is 0.0598. The van der Waals surface area contributed by atoms with Gasteiger partial charge in [-0.25, -0.2) is 9.67 Å². The molecule has 0 unspecified atom stereocenters. The summed E-state index contributed by atoms with van der Waals surface area (Å²) in [5, 5.41) is 15.7. The summed E-state index contributed by atoms with van der Waals surface area (Å²) in [6.07, 6.45) is 3.84.